The van der Waals surface area contributed by atoms with Gasteiger partial charge in [0, 0.05) is 23.4 Å². The lowest BCUT2D eigenvalue weighted by Gasteiger charge is -2.09. The first kappa shape index (κ1) is 22.5. The summed E-state index contributed by atoms with van der Waals surface area (Å²) in [6.07, 6.45) is -3.99. The van der Waals surface area contributed by atoms with Crippen LogP contribution >= 0.6 is 0 Å². The smallest absolute Gasteiger partial charge is 0.352 e. The van der Waals surface area contributed by atoms with E-state index in [0.29, 0.717) is 28.8 Å². The molecular weight excluding hydrogens is 455 g/mol. The highest BCUT2D eigenvalue weighted by molar-refractivity contribution is 7.90. The maximum Gasteiger partial charge on any atom is 0.416 e. The van der Waals surface area contributed by atoms with E-state index in [1.54, 1.807) is 42.5 Å². The number of nitrogens with one attached hydrogen (secondary N) is 2. The second-order valence-electron chi connectivity index (χ2n) is 7.31. The number of sulfonamides is 1. The Morgan fingerprint density at radius 3 is 2.24 bits per heavy atom. The van der Waals surface area contributed by atoms with Gasteiger partial charge in [-0.2, -0.15) is 21.6 Å². The average molecular weight is 473 g/mol. The van der Waals surface area contributed by atoms with Gasteiger partial charge < -0.3 is 10.6 Å². The number of carbonyl (C=O) groups excluding carboxylic acids is 1. The Hall–Kier alpha value is -3.66. The number of carbonyl (C=O) groups is 1. The lowest BCUT2D eigenvalue weighted by Crippen LogP contribution is -2.25. The summed E-state index contributed by atoms with van der Waals surface area (Å²) in [5.74, 6) is -0.126. The third-order valence-corrected chi connectivity index (χ3v) is 6.36. The number of hydrogen-bond donors (Lipinski definition) is 2. The van der Waals surface area contributed by atoms with E-state index in [4.69, 9.17) is 0 Å². The van der Waals surface area contributed by atoms with E-state index in [1.165, 1.54) is 18.2 Å². The molecule has 1 amide bonds. The topological polar surface area (TPSA) is 87.6 Å². The zero-order chi connectivity index (χ0) is 23.6. The Morgan fingerprint density at radius 2 is 1.58 bits per heavy atom. The fraction of sp³-hybridized carbons (Fsp3) is 0.130. The first-order valence-electron chi connectivity index (χ1n) is 9.89. The highest BCUT2D eigenvalue weighted by Gasteiger charge is 2.30. The van der Waals surface area contributed by atoms with Crippen LogP contribution in [0.25, 0.3) is 0 Å². The summed E-state index contributed by atoms with van der Waals surface area (Å²) < 4.78 is 65.9. The number of hydrogen-bond acceptors (Lipinski definition) is 4. The zero-order valence-electron chi connectivity index (χ0n) is 17.1. The molecule has 0 aliphatic carbocycles. The Kier molecular flexibility index (Phi) is 5.94. The molecule has 10 heteroatoms. The van der Waals surface area contributed by atoms with Crippen molar-refractivity contribution in [2.45, 2.75) is 17.5 Å². The number of anilines is 1. The first-order valence-corrected chi connectivity index (χ1v) is 11.3. The van der Waals surface area contributed by atoms with Crippen LogP contribution in [0.4, 0.5) is 18.9 Å². The molecule has 1 aliphatic rings. The molecule has 6 nitrogen and oxygen atoms in total. The fourth-order valence-electron chi connectivity index (χ4n) is 3.32. The minimum atomic E-state index is -4.38. The van der Waals surface area contributed by atoms with Gasteiger partial charge in [-0.15, -0.1) is 4.40 Å². The third-order valence-electron chi connectivity index (χ3n) is 5.02. The second kappa shape index (κ2) is 8.70. The maximum atomic E-state index is 12.6. The average Bonchev–Trinajstić information content (AvgIpc) is 3.04. The molecule has 170 valence electrons. The number of rotatable bonds is 5. The van der Waals surface area contributed by atoms with Crippen molar-refractivity contribution in [3.05, 3.63) is 95.1 Å². The predicted octanol–water partition coefficient (Wildman–Crippen LogP) is 4.24. The molecule has 3 aromatic rings. The molecule has 0 bridgehead atoms. The molecule has 33 heavy (non-hydrogen) atoms. The van der Waals surface area contributed by atoms with Crippen LogP contribution in [-0.2, 0) is 22.6 Å². The van der Waals surface area contributed by atoms with Crippen molar-refractivity contribution >= 4 is 27.5 Å². The van der Waals surface area contributed by atoms with Gasteiger partial charge in [0.2, 0.25) is 0 Å². The van der Waals surface area contributed by atoms with Gasteiger partial charge in [0.15, 0.2) is 5.84 Å². The molecule has 1 heterocycles. The summed E-state index contributed by atoms with van der Waals surface area (Å²) in [5, 5.41) is 5.68. The predicted molar refractivity (Wildman–Crippen MR) is 118 cm³/mol. The van der Waals surface area contributed by atoms with E-state index in [9.17, 15) is 26.4 Å². The summed E-state index contributed by atoms with van der Waals surface area (Å²) in [7, 11) is -3.73. The van der Waals surface area contributed by atoms with E-state index in [0.717, 1.165) is 12.1 Å². The minimum Gasteiger partial charge on any atom is -0.352 e. The van der Waals surface area contributed by atoms with Crippen molar-refractivity contribution in [2.24, 2.45) is 4.40 Å². The number of benzene rings is 3. The molecule has 4 rings (SSSR count). The van der Waals surface area contributed by atoms with Gasteiger partial charge >= 0.3 is 6.18 Å². The fourth-order valence-corrected chi connectivity index (χ4v) is 4.50. The number of fused-ring (bicyclic) bond motifs is 1. The van der Waals surface area contributed by atoms with Crippen molar-refractivity contribution in [3.63, 3.8) is 0 Å². The normalized spacial score (nSPS) is 14.3. The van der Waals surface area contributed by atoms with Crippen molar-refractivity contribution < 1.29 is 26.4 Å². The molecule has 0 fully saturated rings. The zero-order valence-corrected chi connectivity index (χ0v) is 17.9. The van der Waals surface area contributed by atoms with Crippen molar-refractivity contribution in [3.8, 4) is 0 Å². The van der Waals surface area contributed by atoms with Crippen molar-refractivity contribution in [1.29, 1.82) is 0 Å². The van der Waals surface area contributed by atoms with Gasteiger partial charge in [0.05, 0.1) is 5.56 Å². The Morgan fingerprint density at radius 1 is 0.909 bits per heavy atom. The van der Waals surface area contributed by atoms with Crippen LogP contribution in [0.2, 0.25) is 0 Å². The summed E-state index contributed by atoms with van der Waals surface area (Å²) in [5.41, 5.74) is 1.38. The summed E-state index contributed by atoms with van der Waals surface area (Å²) in [6, 6.07) is 17.7. The standard InChI is InChI=1S/C23H18F3N3O3S/c24-23(25,26)17-9-5-15(6-10-17)13-14-27-22(30)16-7-11-18(12-8-16)28-21-19-3-1-2-4-20(19)33(31,32)29-21/h1-12H,13-14H2,(H,27,30)(H,28,29). The molecule has 0 saturated carbocycles. The molecule has 0 aromatic heterocycles. The first-order chi connectivity index (χ1) is 15.6. The van der Waals surface area contributed by atoms with E-state index in [-0.39, 0.29) is 23.2 Å². The molecule has 0 radical (unpaired) electrons. The van der Waals surface area contributed by atoms with Crippen LogP contribution in [-0.4, -0.2) is 26.7 Å². The minimum absolute atomic E-state index is 0.136. The SMILES string of the molecule is O=C(NCCc1ccc(C(F)(F)F)cc1)c1ccc(NC2=NS(=O)(=O)c3ccccc32)cc1. The Labute approximate surface area is 188 Å². The number of alkyl halides is 3. The number of amides is 1. The lowest BCUT2D eigenvalue weighted by atomic mass is 10.1. The van der Waals surface area contributed by atoms with E-state index in [1.807, 2.05) is 0 Å². The van der Waals surface area contributed by atoms with Gasteiger partial charge in [0.1, 0.15) is 4.90 Å². The number of halogens is 3. The number of amidine groups is 1. The molecule has 2 N–H and O–H groups in total. The van der Waals surface area contributed by atoms with Crippen LogP contribution in [0.1, 0.15) is 27.0 Å². The number of nitrogens with zero attached hydrogens (tertiary/aromatic N) is 1. The van der Waals surface area contributed by atoms with Crippen LogP contribution in [0.3, 0.4) is 0 Å². The van der Waals surface area contributed by atoms with Crippen molar-refractivity contribution in [1.82, 2.24) is 5.32 Å². The Bertz CT molecular complexity index is 1320. The quantitative estimate of drug-likeness (QED) is 0.580. The van der Waals surface area contributed by atoms with Gasteiger partial charge in [0.25, 0.3) is 15.9 Å². The molecule has 3 aromatic carbocycles. The molecule has 1 aliphatic heterocycles. The van der Waals surface area contributed by atoms with E-state index in [2.05, 4.69) is 15.0 Å². The van der Waals surface area contributed by atoms with Gasteiger partial charge in [-0.05, 0) is 60.5 Å². The maximum absolute atomic E-state index is 12.6. The van der Waals surface area contributed by atoms with Gasteiger partial charge in [-0.3, -0.25) is 4.79 Å². The van der Waals surface area contributed by atoms with Gasteiger partial charge in [-0.25, -0.2) is 0 Å². The van der Waals surface area contributed by atoms with Crippen LogP contribution in [0.15, 0.2) is 82.1 Å². The van der Waals surface area contributed by atoms with Gasteiger partial charge in [-0.1, -0.05) is 24.3 Å². The Balaban J connectivity index is 1.33. The highest BCUT2D eigenvalue weighted by atomic mass is 32.2. The summed E-state index contributed by atoms with van der Waals surface area (Å²) >= 11 is 0. The summed E-state index contributed by atoms with van der Waals surface area (Å²) in [4.78, 5) is 12.5. The van der Waals surface area contributed by atoms with Crippen LogP contribution < -0.4 is 10.6 Å². The molecule has 0 spiro atoms. The largest absolute Gasteiger partial charge is 0.416 e. The summed E-state index contributed by atoms with van der Waals surface area (Å²) in [6.45, 7) is 0.260. The van der Waals surface area contributed by atoms with Crippen LogP contribution in [0.5, 0.6) is 0 Å². The molecule has 0 saturated heterocycles. The van der Waals surface area contributed by atoms with E-state index >= 15 is 0 Å². The van der Waals surface area contributed by atoms with E-state index < -0.39 is 21.8 Å². The second-order valence-corrected chi connectivity index (χ2v) is 8.89. The molecule has 0 unspecified atom stereocenters. The molecular formula is C23H18F3N3O3S. The lowest BCUT2D eigenvalue weighted by molar-refractivity contribution is -0.137. The third kappa shape index (κ3) is 5.06. The highest BCUT2D eigenvalue weighted by Crippen LogP contribution is 2.29. The van der Waals surface area contributed by atoms with Crippen LogP contribution in [0, 0.1) is 0 Å². The monoisotopic (exact) mass is 473 g/mol. The molecule has 0 atom stereocenters. The van der Waals surface area contributed by atoms with Crippen molar-refractivity contribution in [2.75, 3.05) is 11.9 Å².